The van der Waals surface area contributed by atoms with Gasteiger partial charge in [-0.05, 0) is 55.6 Å². The van der Waals surface area contributed by atoms with Gasteiger partial charge in [0.25, 0.3) is 0 Å². The fourth-order valence-corrected chi connectivity index (χ4v) is 3.64. The van der Waals surface area contributed by atoms with Gasteiger partial charge in [-0.25, -0.2) is 0 Å². The third-order valence-corrected chi connectivity index (χ3v) is 5.09. The minimum Gasteiger partial charge on any atom is -0.486 e. The summed E-state index contributed by atoms with van der Waals surface area (Å²) in [6, 6.07) is 7.70. The van der Waals surface area contributed by atoms with Crippen LogP contribution in [0.15, 0.2) is 36.7 Å². The minimum atomic E-state index is -0.501. The van der Waals surface area contributed by atoms with Crippen molar-refractivity contribution in [3.05, 3.63) is 42.2 Å². The number of rotatable bonds is 5. The number of aromatic nitrogens is 2. The maximum Gasteiger partial charge on any atom is 0.161 e. The van der Waals surface area contributed by atoms with Gasteiger partial charge in [0.05, 0.1) is 6.10 Å². The van der Waals surface area contributed by atoms with Crippen LogP contribution < -0.4 is 9.47 Å². The smallest absolute Gasteiger partial charge is 0.161 e. The van der Waals surface area contributed by atoms with Crippen molar-refractivity contribution in [1.29, 1.82) is 0 Å². The maximum atomic E-state index is 10.6. The van der Waals surface area contributed by atoms with Crippen molar-refractivity contribution in [1.82, 2.24) is 14.7 Å². The van der Waals surface area contributed by atoms with Gasteiger partial charge in [0, 0.05) is 25.5 Å². The van der Waals surface area contributed by atoms with Crippen molar-refractivity contribution in [3.63, 3.8) is 0 Å². The molecule has 2 aliphatic heterocycles. The number of fused-ring (bicyclic) bond motifs is 1. The van der Waals surface area contributed by atoms with Crippen LogP contribution in [0.3, 0.4) is 0 Å². The molecular weight excluding hydrogens is 318 g/mol. The zero-order valence-corrected chi connectivity index (χ0v) is 14.4. The second-order valence-electron chi connectivity index (χ2n) is 6.89. The molecule has 0 spiro atoms. The summed E-state index contributed by atoms with van der Waals surface area (Å²) in [5.74, 6) is 2.17. The molecule has 1 saturated heterocycles. The Morgan fingerprint density at radius 1 is 1.16 bits per heavy atom. The quantitative estimate of drug-likeness (QED) is 0.901. The lowest BCUT2D eigenvalue weighted by molar-refractivity contribution is 0.0855. The molecule has 1 fully saturated rings. The fourth-order valence-electron chi connectivity index (χ4n) is 3.64. The summed E-state index contributed by atoms with van der Waals surface area (Å²) < 4.78 is 13.2. The van der Waals surface area contributed by atoms with Crippen molar-refractivity contribution >= 4 is 0 Å². The summed E-state index contributed by atoms with van der Waals surface area (Å²) in [5, 5.41) is 14.9. The van der Waals surface area contributed by atoms with E-state index in [2.05, 4.69) is 10.00 Å². The summed E-state index contributed by atoms with van der Waals surface area (Å²) in [6.07, 6.45) is 5.65. The van der Waals surface area contributed by atoms with E-state index in [1.807, 2.05) is 41.3 Å². The highest BCUT2D eigenvalue weighted by molar-refractivity contribution is 5.44. The SMILES string of the molecule is O[C@@H](CN1CCC(Cn2cccn2)CC1)c1ccc2c(c1)OCCO2. The third kappa shape index (κ3) is 3.96. The number of hydrogen-bond acceptors (Lipinski definition) is 5. The number of likely N-dealkylation sites (tertiary alicyclic amines) is 1. The molecule has 6 nitrogen and oxygen atoms in total. The Hall–Kier alpha value is -2.05. The van der Waals surface area contributed by atoms with Gasteiger partial charge < -0.3 is 19.5 Å². The number of β-amino-alcohol motifs (C(OH)–C–C–N with tert-alkyl or cyclic N) is 1. The number of aliphatic hydroxyl groups is 1. The van der Waals surface area contributed by atoms with Crippen LogP contribution in [0.5, 0.6) is 11.5 Å². The van der Waals surface area contributed by atoms with Crippen LogP contribution in [0.4, 0.5) is 0 Å². The average Bonchev–Trinajstić information content (AvgIpc) is 3.16. The van der Waals surface area contributed by atoms with Crippen LogP contribution in [0.1, 0.15) is 24.5 Å². The van der Waals surface area contributed by atoms with Gasteiger partial charge in [-0.1, -0.05) is 6.07 Å². The molecule has 1 aromatic heterocycles. The normalized spacial score (nSPS) is 19.7. The zero-order chi connectivity index (χ0) is 17.1. The molecule has 0 amide bonds. The van der Waals surface area contributed by atoms with Crippen LogP contribution >= 0.6 is 0 Å². The lowest BCUT2D eigenvalue weighted by atomic mass is 9.96. The number of piperidine rings is 1. The molecule has 1 aromatic carbocycles. The average molecular weight is 343 g/mol. The van der Waals surface area contributed by atoms with E-state index in [9.17, 15) is 5.11 Å². The minimum absolute atomic E-state index is 0.501. The number of aliphatic hydroxyl groups excluding tert-OH is 1. The van der Waals surface area contributed by atoms with Crippen LogP contribution in [0.25, 0.3) is 0 Å². The van der Waals surface area contributed by atoms with Crippen molar-refractivity contribution in [2.45, 2.75) is 25.5 Å². The van der Waals surface area contributed by atoms with Gasteiger partial charge in [0.2, 0.25) is 0 Å². The summed E-state index contributed by atoms with van der Waals surface area (Å²) in [5.41, 5.74) is 0.892. The van der Waals surface area contributed by atoms with E-state index >= 15 is 0 Å². The molecule has 134 valence electrons. The Labute approximate surface area is 148 Å². The molecule has 0 aliphatic carbocycles. The van der Waals surface area contributed by atoms with Crippen molar-refractivity contribution in [3.8, 4) is 11.5 Å². The van der Waals surface area contributed by atoms with Crippen LogP contribution in [-0.4, -0.2) is 52.6 Å². The second kappa shape index (κ2) is 7.45. The van der Waals surface area contributed by atoms with E-state index < -0.39 is 6.10 Å². The van der Waals surface area contributed by atoms with Gasteiger partial charge in [-0.2, -0.15) is 5.10 Å². The molecule has 3 heterocycles. The molecule has 1 N–H and O–H groups in total. The number of ether oxygens (including phenoxy) is 2. The van der Waals surface area contributed by atoms with Gasteiger partial charge in [-0.3, -0.25) is 4.68 Å². The molecule has 0 bridgehead atoms. The standard InChI is InChI=1S/C19H25N3O3/c23-17(16-2-3-18-19(12-16)25-11-10-24-18)14-21-8-4-15(5-9-21)13-22-7-1-6-20-22/h1-3,6-7,12,15,17,23H,4-5,8-11,13-14H2/t17-/m0/s1. The summed E-state index contributed by atoms with van der Waals surface area (Å²) >= 11 is 0. The summed E-state index contributed by atoms with van der Waals surface area (Å²) in [4.78, 5) is 2.35. The molecule has 2 aromatic rings. The molecule has 2 aliphatic rings. The summed E-state index contributed by atoms with van der Waals surface area (Å²) in [6.45, 7) is 4.85. The highest BCUT2D eigenvalue weighted by atomic mass is 16.6. The van der Waals surface area contributed by atoms with Gasteiger partial charge in [0.15, 0.2) is 11.5 Å². The monoisotopic (exact) mass is 343 g/mol. The molecule has 0 saturated carbocycles. The molecular formula is C19H25N3O3. The van der Waals surface area contributed by atoms with E-state index in [0.717, 1.165) is 49.5 Å². The molecule has 1 atom stereocenters. The van der Waals surface area contributed by atoms with E-state index in [4.69, 9.17) is 9.47 Å². The highest BCUT2D eigenvalue weighted by Crippen LogP contribution is 2.33. The van der Waals surface area contributed by atoms with Crippen molar-refractivity contribution in [2.75, 3.05) is 32.8 Å². The Balaban J connectivity index is 1.29. The zero-order valence-electron chi connectivity index (χ0n) is 14.4. The topological polar surface area (TPSA) is 59.8 Å². The molecule has 6 heteroatoms. The molecule has 25 heavy (non-hydrogen) atoms. The predicted molar refractivity (Wildman–Crippen MR) is 93.8 cm³/mol. The largest absolute Gasteiger partial charge is 0.486 e. The highest BCUT2D eigenvalue weighted by Gasteiger charge is 2.23. The first-order valence-corrected chi connectivity index (χ1v) is 9.05. The first-order chi connectivity index (χ1) is 12.3. The van der Waals surface area contributed by atoms with Crippen molar-refractivity contribution in [2.24, 2.45) is 5.92 Å². The van der Waals surface area contributed by atoms with Gasteiger partial charge in [0.1, 0.15) is 13.2 Å². The van der Waals surface area contributed by atoms with Crippen LogP contribution in [-0.2, 0) is 6.54 Å². The van der Waals surface area contributed by atoms with E-state index in [1.54, 1.807) is 0 Å². The number of nitrogens with zero attached hydrogens (tertiary/aromatic N) is 3. The predicted octanol–water partition coefficient (Wildman–Crippen LogP) is 2.10. The van der Waals surface area contributed by atoms with Gasteiger partial charge >= 0.3 is 0 Å². The Bertz CT molecular complexity index is 681. The van der Waals surface area contributed by atoms with Gasteiger partial charge in [-0.15, -0.1) is 0 Å². The van der Waals surface area contributed by atoms with Crippen molar-refractivity contribution < 1.29 is 14.6 Å². The number of hydrogen-bond donors (Lipinski definition) is 1. The maximum absolute atomic E-state index is 10.6. The third-order valence-electron chi connectivity index (χ3n) is 5.09. The first kappa shape index (κ1) is 16.4. The Morgan fingerprint density at radius 3 is 2.72 bits per heavy atom. The number of benzene rings is 1. The first-order valence-electron chi connectivity index (χ1n) is 9.05. The molecule has 0 unspecified atom stereocenters. The van der Waals surface area contributed by atoms with Crippen LogP contribution in [0, 0.1) is 5.92 Å². The Kier molecular flexibility index (Phi) is 4.90. The Morgan fingerprint density at radius 2 is 1.96 bits per heavy atom. The van der Waals surface area contributed by atoms with Crippen LogP contribution in [0.2, 0.25) is 0 Å². The lowest BCUT2D eigenvalue weighted by Gasteiger charge is -2.33. The molecule has 0 radical (unpaired) electrons. The van der Waals surface area contributed by atoms with E-state index in [0.29, 0.717) is 25.7 Å². The summed E-state index contributed by atoms with van der Waals surface area (Å²) in [7, 11) is 0. The van der Waals surface area contributed by atoms with E-state index in [1.165, 1.54) is 0 Å². The lowest BCUT2D eigenvalue weighted by Crippen LogP contribution is -2.37. The van der Waals surface area contributed by atoms with E-state index in [-0.39, 0.29) is 0 Å². The molecule has 4 rings (SSSR count). The second-order valence-corrected chi connectivity index (χ2v) is 6.89. The fraction of sp³-hybridized carbons (Fsp3) is 0.526.